The van der Waals surface area contributed by atoms with E-state index in [2.05, 4.69) is 15.6 Å². The number of rotatable bonds is 7. The highest BCUT2D eigenvalue weighted by molar-refractivity contribution is 6.44. The molecule has 196 valence electrons. The number of carbonyl (C=O) groups is 3. The molecule has 2 aromatic heterocycles. The summed E-state index contributed by atoms with van der Waals surface area (Å²) in [6.07, 6.45) is -1.10. The Morgan fingerprint density at radius 3 is 2.59 bits per heavy atom. The summed E-state index contributed by atoms with van der Waals surface area (Å²) in [5.41, 5.74) is 9.84. The van der Waals surface area contributed by atoms with E-state index in [4.69, 9.17) is 11.5 Å². The Morgan fingerprint density at radius 2 is 1.97 bits per heavy atom. The van der Waals surface area contributed by atoms with Crippen LogP contribution in [0.2, 0.25) is 0 Å². The second kappa shape index (κ2) is 8.32. The van der Waals surface area contributed by atoms with Crippen molar-refractivity contribution in [3.05, 3.63) is 58.4 Å². The van der Waals surface area contributed by atoms with E-state index in [1.54, 1.807) is 4.57 Å². The Labute approximate surface area is 208 Å². The molecule has 2 aliphatic carbocycles. The fourth-order valence-corrected chi connectivity index (χ4v) is 5.51. The number of fused-ring (bicyclic) bond motifs is 3. The molecule has 0 spiro atoms. The molecule has 2 fully saturated rings. The number of carbonyl (C=O) groups excluding carboxylic acids is 3. The quantitative estimate of drug-likeness (QED) is 0.251. The number of aromatic nitrogens is 2. The number of Topliss-reactive ketones (excluding diaryl/α,β-unsaturated/α-hetero) is 1. The largest absolute Gasteiger partial charge is 0.403 e. The van der Waals surface area contributed by atoms with Gasteiger partial charge in [0.1, 0.15) is 11.4 Å². The number of hydrogen-bond acceptors (Lipinski definition) is 6. The first-order chi connectivity index (χ1) is 17.4. The summed E-state index contributed by atoms with van der Waals surface area (Å²) in [5, 5.41) is 4.91. The molecule has 0 saturated heterocycles. The fraction of sp³-hybridized carbons (Fsp3) is 0.417. The lowest BCUT2D eigenvalue weighted by Crippen LogP contribution is -2.65. The number of nitrogens with two attached hydrogens (primary N) is 2. The molecule has 0 radical (unpaired) electrons. The summed E-state index contributed by atoms with van der Waals surface area (Å²) in [5.74, 6) is -5.62. The van der Waals surface area contributed by atoms with Crippen LogP contribution in [-0.4, -0.2) is 38.6 Å². The van der Waals surface area contributed by atoms with Crippen LogP contribution in [0.15, 0.2) is 30.2 Å². The smallest absolute Gasteiger partial charge is 0.293 e. The number of amides is 2. The summed E-state index contributed by atoms with van der Waals surface area (Å²) < 4.78 is 55.1. The third-order valence-corrected chi connectivity index (χ3v) is 7.34. The van der Waals surface area contributed by atoms with E-state index < -0.39 is 54.0 Å². The van der Waals surface area contributed by atoms with Gasteiger partial charge in [-0.2, -0.15) is 0 Å². The molecule has 5 rings (SSSR count). The molecule has 37 heavy (non-hydrogen) atoms. The van der Waals surface area contributed by atoms with Gasteiger partial charge >= 0.3 is 0 Å². The topological polar surface area (TPSA) is 145 Å². The van der Waals surface area contributed by atoms with Crippen molar-refractivity contribution >= 4 is 23.3 Å². The van der Waals surface area contributed by atoms with Gasteiger partial charge in [-0.05, 0) is 43.4 Å². The van der Waals surface area contributed by atoms with Crippen molar-refractivity contribution in [2.45, 2.75) is 56.5 Å². The lowest BCUT2D eigenvalue weighted by Gasteiger charge is -2.47. The molecule has 2 saturated carbocycles. The normalized spacial score (nSPS) is 22.6. The lowest BCUT2D eigenvalue weighted by molar-refractivity contribution is -0.137. The number of nitrogens with one attached hydrogen (secondary N) is 2. The third-order valence-electron chi connectivity index (χ3n) is 7.34. The summed E-state index contributed by atoms with van der Waals surface area (Å²) in [7, 11) is 0. The van der Waals surface area contributed by atoms with Crippen LogP contribution in [0.5, 0.6) is 0 Å². The maximum Gasteiger partial charge on any atom is 0.293 e. The van der Waals surface area contributed by atoms with E-state index in [9.17, 15) is 31.9 Å². The minimum Gasteiger partial charge on any atom is -0.403 e. The predicted octanol–water partition coefficient (Wildman–Crippen LogP) is 2.72. The van der Waals surface area contributed by atoms with E-state index >= 15 is 0 Å². The Balaban J connectivity index is 1.45. The number of hydrogen-bond donors (Lipinski definition) is 4. The number of ketones is 1. The summed E-state index contributed by atoms with van der Waals surface area (Å²) in [6, 6.07) is 2.38. The maximum absolute atomic E-state index is 13.7. The number of anilines is 1. The number of alkyl halides is 4. The van der Waals surface area contributed by atoms with Crippen LogP contribution in [0.25, 0.3) is 0 Å². The summed E-state index contributed by atoms with van der Waals surface area (Å²) in [4.78, 5) is 43.1. The van der Waals surface area contributed by atoms with Gasteiger partial charge < -0.3 is 26.7 Å². The van der Waals surface area contributed by atoms with Gasteiger partial charge in [0.05, 0.1) is 16.8 Å². The van der Waals surface area contributed by atoms with Crippen LogP contribution >= 0.6 is 0 Å². The lowest BCUT2D eigenvalue weighted by atomic mass is 9.71. The molecule has 0 bridgehead atoms. The molecule has 2 atom stereocenters. The molecule has 3 heterocycles. The number of pyridine rings is 1. The second-order valence-corrected chi connectivity index (χ2v) is 9.85. The van der Waals surface area contributed by atoms with Crippen molar-refractivity contribution in [2.24, 2.45) is 17.4 Å². The highest BCUT2D eigenvalue weighted by Crippen LogP contribution is 2.54. The van der Waals surface area contributed by atoms with E-state index in [1.165, 1.54) is 13.0 Å². The Hall–Kier alpha value is -3.90. The molecule has 2 unspecified atom stereocenters. The van der Waals surface area contributed by atoms with Crippen molar-refractivity contribution in [1.82, 2.24) is 14.9 Å². The molecule has 0 aromatic carbocycles. The van der Waals surface area contributed by atoms with Crippen LogP contribution in [0.1, 0.15) is 69.5 Å². The Kier molecular flexibility index (Phi) is 5.57. The van der Waals surface area contributed by atoms with Gasteiger partial charge in [0.15, 0.2) is 0 Å². The monoisotopic (exact) mass is 520 g/mol. The maximum atomic E-state index is 13.7. The highest BCUT2D eigenvalue weighted by Gasteiger charge is 2.59. The molecule has 6 N–H and O–H groups in total. The predicted molar refractivity (Wildman–Crippen MR) is 123 cm³/mol. The van der Waals surface area contributed by atoms with Crippen molar-refractivity contribution in [1.29, 1.82) is 0 Å². The molecule has 13 heteroatoms. The van der Waals surface area contributed by atoms with Gasteiger partial charge in [-0.25, -0.2) is 17.6 Å². The standard InChI is InChI=1S/C24H24F4N6O3/c1-10-17(19(35)22(37)33-23(16(30)7-29)8-24(27,28)9-23)15-5-11-4-14(11)34(15)18(10)21(36)32-12-2-3-31-13(6-12)20(25)26/h2-3,6-7,11,14,20H,4-5,8-9,29-30H2,1H3,(H,33,37)(H,31,32,36)/b16-7-. The van der Waals surface area contributed by atoms with E-state index in [-0.39, 0.29) is 40.2 Å². The van der Waals surface area contributed by atoms with Gasteiger partial charge in [-0.3, -0.25) is 19.4 Å². The molecule has 1 aliphatic heterocycles. The molecule has 9 nitrogen and oxygen atoms in total. The van der Waals surface area contributed by atoms with Crippen molar-refractivity contribution in [3.8, 4) is 0 Å². The fourth-order valence-electron chi connectivity index (χ4n) is 5.51. The first-order valence-electron chi connectivity index (χ1n) is 11.6. The zero-order valence-electron chi connectivity index (χ0n) is 19.7. The number of nitrogens with zero attached hydrogens (tertiary/aromatic N) is 2. The molecular weight excluding hydrogens is 496 g/mol. The van der Waals surface area contributed by atoms with Crippen LogP contribution < -0.4 is 22.1 Å². The molecular formula is C24H24F4N6O3. The average Bonchev–Trinajstić information content (AvgIpc) is 3.39. The minimum absolute atomic E-state index is 0.0226. The van der Waals surface area contributed by atoms with Gasteiger partial charge in [0.2, 0.25) is 0 Å². The van der Waals surface area contributed by atoms with Crippen LogP contribution in [-0.2, 0) is 11.2 Å². The zero-order chi connectivity index (χ0) is 26.9. The van der Waals surface area contributed by atoms with Crippen molar-refractivity contribution in [2.75, 3.05) is 5.32 Å². The van der Waals surface area contributed by atoms with Gasteiger partial charge in [-0.15, -0.1) is 0 Å². The van der Waals surface area contributed by atoms with Gasteiger partial charge in [0.25, 0.3) is 29.9 Å². The first-order valence-corrected chi connectivity index (χ1v) is 11.6. The molecule has 3 aliphatic rings. The Bertz CT molecular complexity index is 1360. The molecule has 2 amide bonds. The van der Waals surface area contributed by atoms with E-state index in [0.717, 1.165) is 24.9 Å². The highest BCUT2D eigenvalue weighted by atomic mass is 19.3. The summed E-state index contributed by atoms with van der Waals surface area (Å²) in [6.45, 7) is 1.51. The average molecular weight is 520 g/mol. The van der Waals surface area contributed by atoms with Gasteiger partial charge in [-0.1, -0.05) is 0 Å². The SMILES string of the molecule is Cc1c(C(=O)C(=O)NC2(/C(N)=C/N)CC(F)(F)C2)c2n(c1C(=O)Nc1ccnc(C(F)F)c1)C1CC1C2. The van der Waals surface area contributed by atoms with Crippen LogP contribution in [0.3, 0.4) is 0 Å². The van der Waals surface area contributed by atoms with E-state index in [1.807, 2.05) is 0 Å². The minimum atomic E-state index is -3.07. The first kappa shape index (κ1) is 24.8. The zero-order valence-corrected chi connectivity index (χ0v) is 19.7. The summed E-state index contributed by atoms with van der Waals surface area (Å²) >= 11 is 0. The number of halogens is 4. The third kappa shape index (κ3) is 4.02. The Morgan fingerprint density at radius 1 is 1.27 bits per heavy atom. The van der Waals surface area contributed by atoms with Crippen LogP contribution in [0.4, 0.5) is 23.2 Å². The molecule has 2 aromatic rings. The van der Waals surface area contributed by atoms with Crippen LogP contribution in [0, 0.1) is 12.8 Å². The van der Waals surface area contributed by atoms with E-state index in [0.29, 0.717) is 12.1 Å². The second-order valence-electron chi connectivity index (χ2n) is 9.85. The van der Waals surface area contributed by atoms with Crippen molar-refractivity contribution < 1.29 is 31.9 Å². The van der Waals surface area contributed by atoms with Crippen molar-refractivity contribution in [3.63, 3.8) is 0 Å². The van der Waals surface area contributed by atoms with Gasteiger partial charge in [0, 0.05) is 42.7 Å².